The lowest BCUT2D eigenvalue weighted by Crippen LogP contribution is -2.37. The lowest BCUT2D eigenvalue weighted by molar-refractivity contribution is -0.138. The maximum Gasteiger partial charge on any atom is 0.226 e. The van der Waals surface area contributed by atoms with Gasteiger partial charge in [0, 0.05) is 43.9 Å². The first-order valence-electron chi connectivity index (χ1n) is 11.7. The Hall–Kier alpha value is -2.82. The third-order valence-electron chi connectivity index (χ3n) is 6.06. The Morgan fingerprint density at radius 1 is 0.938 bits per heavy atom. The van der Waals surface area contributed by atoms with Crippen LogP contribution < -0.4 is 10.2 Å². The van der Waals surface area contributed by atoms with E-state index in [1.807, 2.05) is 69.2 Å². The molecule has 0 aliphatic rings. The van der Waals surface area contributed by atoms with E-state index in [0.29, 0.717) is 6.54 Å². The van der Waals surface area contributed by atoms with Crippen molar-refractivity contribution in [3.05, 3.63) is 59.7 Å². The van der Waals surface area contributed by atoms with E-state index in [9.17, 15) is 9.59 Å². The molecule has 5 heteroatoms. The summed E-state index contributed by atoms with van der Waals surface area (Å²) in [6.45, 7) is 10.5. The molecule has 0 aromatic heterocycles. The zero-order valence-electron chi connectivity index (χ0n) is 20.7. The van der Waals surface area contributed by atoms with Crippen LogP contribution in [0.4, 0.5) is 11.4 Å². The summed E-state index contributed by atoms with van der Waals surface area (Å²) in [6.07, 6.45) is 1.64. The second-order valence-electron chi connectivity index (χ2n) is 8.95. The smallest absolute Gasteiger partial charge is 0.226 e. The molecular weight excluding hydrogens is 398 g/mol. The normalized spacial score (nSPS) is 12.0. The number of rotatable bonds is 10. The van der Waals surface area contributed by atoms with Gasteiger partial charge in [-0.25, -0.2) is 0 Å². The summed E-state index contributed by atoms with van der Waals surface area (Å²) in [7, 11) is 4.00. The summed E-state index contributed by atoms with van der Waals surface area (Å²) in [5, 5.41) is 3.00. The molecule has 0 bridgehead atoms. The number of nitrogens with zero attached hydrogens (tertiary/aromatic N) is 2. The van der Waals surface area contributed by atoms with Crippen molar-refractivity contribution in [2.75, 3.05) is 24.3 Å². The van der Waals surface area contributed by atoms with Gasteiger partial charge in [0.2, 0.25) is 11.8 Å². The fraction of sp³-hybridized carbons (Fsp3) is 0.481. The molecule has 0 heterocycles. The van der Waals surface area contributed by atoms with Gasteiger partial charge in [-0.05, 0) is 49.1 Å². The van der Waals surface area contributed by atoms with Gasteiger partial charge >= 0.3 is 0 Å². The predicted molar refractivity (Wildman–Crippen MR) is 134 cm³/mol. The van der Waals surface area contributed by atoms with Crippen molar-refractivity contribution in [3.63, 3.8) is 0 Å². The van der Waals surface area contributed by atoms with Gasteiger partial charge in [0.1, 0.15) is 0 Å². The molecule has 2 aromatic rings. The van der Waals surface area contributed by atoms with E-state index < -0.39 is 0 Å². The summed E-state index contributed by atoms with van der Waals surface area (Å²) in [5.41, 5.74) is 3.92. The largest absolute Gasteiger partial charge is 0.377 e. The molecule has 32 heavy (non-hydrogen) atoms. The maximum absolute atomic E-state index is 13.6. The van der Waals surface area contributed by atoms with Gasteiger partial charge in [-0.1, -0.05) is 58.0 Å². The van der Waals surface area contributed by atoms with E-state index in [2.05, 4.69) is 43.1 Å². The molecule has 5 nitrogen and oxygen atoms in total. The monoisotopic (exact) mass is 437 g/mol. The van der Waals surface area contributed by atoms with E-state index in [1.54, 1.807) is 0 Å². The Morgan fingerprint density at radius 2 is 1.56 bits per heavy atom. The van der Waals surface area contributed by atoms with Gasteiger partial charge in [-0.2, -0.15) is 0 Å². The summed E-state index contributed by atoms with van der Waals surface area (Å²) in [4.78, 5) is 29.9. The lowest BCUT2D eigenvalue weighted by Gasteiger charge is -2.34. The SMILES string of the molecule is CCC(CC)C(=O)N(Cc1cc(NC(=O)C(C)C)ccc1N(C)C)[C@H](C)c1ccccc1. The van der Waals surface area contributed by atoms with Crippen LogP contribution in [0.15, 0.2) is 48.5 Å². The first-order valence-corrected chi connectivity index (χ1v) is 11.7. The van der Waals surface area contributed by atoms with Crippen LogP contribution in [-0.4, -0.2) is 30.8 Å². The van der Waals surface area contributed by atoms with Gasteiger partial charge in [-0.3, -0.25) is 9.59 Å². The van der Waals surface area contributed by atoms with Gasteiger partial charge < -0.3 is 15.1 Å². The molecule has 0 fully saturated rings. The Balaban J connectivity index is 2.48. The fourth-order valence-electron chi connectivity index (χ4n) is 3.89. The number of carbonyl (C=O) groups excluding carboxylic acids is 2. The fourth-order valence-corrected chi connectivity index (χ4v) is 3.89. The van der Waals surface area contributed by atoms with Crippen molar-refractivity contribution in [1.82, 2.24) is 4.90 Å². The Bertz CT molecular complexity index is 889. The predicted octanol–water partition coefficient (Wildman–Crippen LogP) is 5.87. The third kappa shape index (κ3) is 6.35. The number of carbonyl (C=O) groups is 2. The van der Waals surface area contributed by atoms with E-state index in [0.717, 1.165) is 35.3 Å². The quantitative estimate of drug-likeness (QED) is 0.505. The number of anilines is 2. The minimum absolute atomic E-state index is 0.00667. The third-order valence-corrected chi connectivity index (χ3v) is 6.06. The van der Waals surface area contributed by atoms with Crippen LogP contribution in [-0.2, 0) is 16.1 Å². The zero-order valence-corrected chi connectivity index (χ0v) is 20.7. The average Bonchev–Trinajstić information content (AvgIpc) is 2.78. The van der Waals surface area contributed by atoms with Crippen LogP contribution in [0.3, 0.4) is 0 Å². The highest BCUT2D eigenvalue weighted by Gasteiger charge is 2.27. The highest BCUT2D eigenvalue weighted by molar-refractivity contribution is 5.92. The van der Waals surface area contributed by atoms with Crippen LogP contribution in [0, 0.1) is 11.8 Å². The number of hydrogen-bond donors (Lipinski definition) is 1. The van der Waals surface area contributed by atoms with E-state index in [4.69, 9.17) is 0 Å². The molecule has 0 aliphatic heterocycles. The van der Waals surface area contributed by atoms with Crippen LogP contribution >= 0.6 is 0 Å². The lowest BCUT2D eigenvalue weighted by atomic mass is 9.98. The molecule has 1 atom stereocenters. The number of amides is 2. The molecule has 174 valence electrons. The molecule has 0 saturated carbocycles. The molecule has 2 rings (SSSR count). The van der Waals surface area contributed by atoms with Crippen molar-refractivity contribution in [3.8, 4) is 0 Å². The first kappa shape index (κ1) is 25.4. The van der Waals surface area contributed by atoms with Crippen LogP contribution in [0.1, 0.15) is 64.6 Å². The molecule has 2 aromatic carbocycles. The van der Waals surface area contributed by atoms with Crippen molar-refractivity contribution in [2.45, 2.75) is 60.0 Å². The van der Waals surface area contributed by atoms with Gasteiger partial charge in [0.25, 0.3) is 0 Å². The van der Waals surface area contributed by atoms with Crippen molar-refractivity contribution < 1.29 is 9.59 Å². The second kappa shape index (κ2) is 11.7. The second-order valence-corrected chi connectivity index (χ2v) is 8.95. The molecule has 0 spiro atoms. The summed E-state index contributed by atoms with van der Waals surface area (Å²) >= 11 is 0. The number of hydrogen-bond acceptors (Lipinski definition) is 3. The minimum Gasteiger partial charge on any atom is -0.377 e. The molecule has 2 amide bonds. The first-order chi connectivity index (χ1) is 15.2. The average molecular weight is 438 g/mol. The zero-order chi connectivity index (χ0) is 23.8. The standard InChI is InChI=1S/C27H39N3O2/c1-8-21(9-2)27(32)30(20(5)22-13-11-10-12-14-22)18-23-17-24(28-26(31)19(3)4)15-16-25(23)29(6)7/h10-17,19-21H,8-9,18H2,1-7H3,(H,28,31)/t20-/m1/s1. The molecule has 0 saturated heterocycles. The minimum atomic E-state index is -0.0991. The number of nitrogens with one attached hydrogen (secondary N) is 1. The Labute approximate surface area is 193 Å². The summed E-state index contributed by atoms with van der Waals surface area (Å²) < 4.78 is 0. The van der Waals surface area contributed by atoms with Crippen LogP contribution in [0.2, 0.25) is 0 Å². The number of benzene rings is 2. The Morgan fingerprint density at radius 3 is 2.09 bits per heavy atom. The molecule has 1 N–H and O–H groups in total. The van der Waals surface area contributed by atoms with Crippen molar-refractivity contribution in [1.29, 1.82) is 0 Å². The van der Waals surface area contributed by atoms with Gasteiger partial charge in [0.05, 0.1) is 6.04 Å². The molecule has 0 unspecified atom stereocenters. The van der Waals surface area contributed by atoms with Crippen molar-refractivity contribution in [2.24, 2.45) is 11.8 Å². The van der Waals surface area contributed by atoms with Crippen LogP contribution in [0.25, 0.3) is 0 Å². The molecular formula is C27H39N3O2. The van der Waals surface area contributed by atoms with Crippen molar-refractivity contribution >= 4 is 23.2 Å². The molecule has 0 aliphatic carbocycles. The van der Waals surface area contributed by atoms with E-state index in [-0.39, 0.29) is 29.7 Å². The molecule has 0 radical (unpaired) electrons. The highest BCUT2D eigenvalue weighted by atomic mass is 16.2. The van der Waals surface area contributed by atoms with Crippen LogP contribution in [0.5, 0.6) is 0 Å². The van der Waals surface area contributed by atoms with Gasteiger partial charge in [-0.15, -0.1) is 0 Å². The summed E-state index contributed by atoms with van der Waals surface area (Å²) in [6, 6.07) is 16.0. The highest BCUT2D eigenvalue weighted by Crippen LogP contribution is 2.30. The van der Waals surface area contributed by atoms with Gasteiger partial charge in [0.15, 0.2) is 0 Å². The van der Waals surface area contributed by atoms with E-state index in [1.165, 1.54) is 0 Å². The summed E-state index contributed by atoms with van der Waals surface area (Å²) in [5.74, 6) is 0.0506. The topological polar surface area (TPSA) is 52.7 Å². The maximum atomic E-state index is 13.6. The van der Waals surface area contributed by atoms with E-state index >= 15 is 0 Å². The Kier molecular flexibility index (Phi) is 9.30.